The van der Waals surface area contributed by atoms with Crippen LogP contribution in [0.3, 0.4) is 0 Å². The number of thiol groups is 1. The Labute approximate surface area is 140 Å². The van der Waals surface area contributed by atoms with Gasteiger partial charge in [0.2, 0.25) is 5.41 Å². The molecule has 0 aromatic heterocycles. The summed E-state index contributed by atoms with van der Waals surface area (Å²) in [7, 11) is 0. The Hall–Kier alpha value is -1.63. The van der Waals surface area contributed by atoms with Crippen molar-refractivity contribution in [1.29, 1.82) is 0 Å². The molecule has 0 radical (unpaired) electrons. The summed E-state index contributed by atoms with van der Waals surface area (Å²) >= 11 is 4.03. The van der Waals surface area contributed by atoms with E-state index >= 15 is 0 Å². The van der Waals surface area contributed by atoms with Crippen molar-refractivity contribution >= 4 is 12.6 Å². The highest BCUT2D eigenvalue weighted by atomic mass is 32.1. The number of rotatable bonds is 2. The number of benzene rings is 2. The Kier molecular flexibility index (Phi) is 4.69. The second-order valence-corrected chi connectivity index (χ2v) is 6.10. The van der Waals surface area contributed by atoms with Crippen molar-refractivity contribution < 1.29 is 26.3 Å². The van der Waals surface area contributed by atoms with Crippen molar-refractivity contribution in [3.63, 3.8) is 0 Å². The molecule has 130 valence electrons. The number of hydrogen-bond acceptors (Lipinski definition) is 1. The Morgan fingerprint density at radius 1 is 0.750 bits per heavy atom. The van der Waals surface area contributed by atoms with Crippen LogP contribution in [-0.4, -0.2) is 12.4 Å². The van der Waals surface area contributed by atoms with Gasteiger partial charge in [0, 0.05) is 4.90 Å². The highest BCUT2D eigenvalue weighted by molar-refractivity contribution is 7.80. The van der Waals surface area contributed by atoms with Gasteiger partial charge in [0.05, 0.1) is 0 Å². The van der Waals surface area contributed by atoms with E-state index in [1.54, 1.807) is 0 Å². The van der Waals surface area contributed by atoms with Crippen LogP contribution in [0.15, 0.2) is 47.4 Å². The molecule has 0 atom stereocenters. The van der Waals surface area contributed by atoms with E-state index in [4.69, 9.17) is 0 Å². The molecular formula is C17H14F6S. The van der Waals surface area contributed by atoms with E-state index in [1.807, 2.05) is 0 Å². The van der Waals surface area contributed by atoms with Crippen molar-refractivity contribution in [1.82, 2.24) is 0 Å². The zero-order chi connectivity index (χ0) is 18.3. The van der Waals surface area contributed by atoms with Crippen LogP contribution in [0.5, 0.6) is 0 Å². The maximum atomic E-state index is 13.9. The summed E-state index contributed by atoms with van der Waals surface area (Å²) in [5.74, 6) is 0. The number of alkyl halides is 6. The van der Waals surface area contributed by atoms with Gasteiger partial charge in [0.15, 0.2) is 0 Å². The van der Waals surface area contributed by atoms with Crippen LogP contribution in [0.2, 0.25) is 0 Å². The van der Waals surface area contributed by atoms with Gasteiger partial charge in [-0.05, 0) is 36.6 Å². The third kappa shape index (κ3) is 2.90. The minimum Gasteiger partial charge on any atom is -0.169 e. The van der Waals surface area contributed by atoms with Crippen molar-refractivity contribution in [3.05, 3.63) is 64.7 Å². The van der Waals surface area contributed by atoms with Crippen LogP contribution in [0.4, 0.5) is 26.3 Å². The molecule has 2 rings (SSSR count). The summed E-state index contributed by atoms with van der Waals surface area (Å²) in [5, 5.41) is 0. The fourth-order valence-corrected chi connectivity index (χ4v) is 2.89. The number of halogens is 6. The van der Waals surface area contributed by atoms with Crippen molar-refractivity contribution in [2.24, 2.45) is 0 Å². The van der Waals surface area contributed by atoms with E-state index in [9.17, 15) is 26.3 Å². The molecule has 0 N–H and O–H groups in total. The van der Waals surface area contributed by atoms with Crippen LogP contribution in [0, 0.1) is 13.8 Å². The summed E-state index contributed by atoms with van der Waals surface area (Å²) in [6.07, 6.45) is -11.1. The normalized spacial score (nSPS) is 13.2. The Morgan fingerprint density at radius 3 is 1.75 bits per heavy atom. The first-order valence-electron chi connectivity index (χ1n) is 6.92. The molecule has 0 saturated carbocycles. The molecule has 0 bridgehead atoms. The predicted octanol–water partition coefficient (Wildman–Crippen LogP) is 6.00. The summed E-state index contributed by atoms with van der Waals surface area (Å²) in [6, 6.07) is 7.29. The lowest BCUT2D eigenvalue weighted by Crippen LogP contribution is -2.54. The number of aryl methyl sites for hydroxylation is 2. The molecule has 0 spiro atoms. The van der Waals surface area contributed by atoms with E-state index in [1.165, 1.54) is 26.0 Å². The highest BCUT2D eigenvalue weighted by Crippen LogP contribution is 2.56. The Balaban J connectivity index is 2.94. The smallest absolute Gasteiger partial charge is 0.169 e. The summed E-state index contributed by atoms with van der Waals surface area (Å²) < 4.78 is 83.2. The highest BCUT2D eigenvalue weighted by Gasteiger charge is 2.72. The fourth-order valence-electron chi connectivity index (χ4n) is 2.75. The Bertz CT molecular complexity index is 731. The topological polar surface area (TPSA) is 0 Å². The maximum absolute atomic E-state index is 13.9. The predicted molar refractivity (Wildman–Crippen MR) is 82.5 cm³/mol. The van der Waals surface area contributed by atoms with Crippen LogP contribution in [-0.2, 0) is 5.41 Å². The van der Waals surface area contributed by atoms with E-state index in [0.717, 1.165) is 30.3 Å². The van der Waals surface area contributed by atoms with Gasteiger partial charge >= 0.3 is 12.4 Å². The Morgan fingerprint density at radius 2 is 1.29 bits per heavy atom. The molecule has 0 saturated heterocycles. The van der Waals surface area contributed by atoms with Crippen molar-refractivity contribution in [2.75, 3.05) is 0 Å². The molecular weight excluding hydrogens is 350 g/mol. The van der Waals surface area contributed by atoms with Gasteiger partial charge in [0.25, 0.3) is 0 Å². The average Bonchev–Trinajstić information content (AvgIpc) is 2.40. The van der Waals surface area contributed by atoms with Crippen LogP contribution >= 0.6 is 12.6 Å². The monoisotopic (exact) mass is 364 g/mol. The number of hydrogen-bond donors (Lipinski definition) is 1. The molecule has 2 aromatic rings. The summed E-state index contributed by atoms with van der Waals surface area (Å²) in [5.41, 5.74) is -5.27. The maximum Gasteiger partial charge on any atom is 0.411 e. The molecule has 0 aliphatic rings. The van der Waals surface area contributed by atoms with E-state index in [2.05, 4.69) is 12.6 Å². The average molecular weight is 364 g/mol. The second kappa shape index (κ2) is 6.02. The van der Waals surface area contributed by atoms with Gasteiger partial charge in [-0.1, -0.05) is 42.0 Å². The molecule has 0 aliphatic heterocycles. The lowest BCUT2D eigenvalue weighted by molar-refractivity contribution is -0.288. The molecule has 0 nitrogen and oxygen atoms in total. The third-order valence-electron chi connectivity index (χ3n) is 3.93. The third-order valence-corrected chi connectivity index (χ3v) is 4.43. The van der Waals surface area contributed by atoms with Gasteiger partial charge in [-0.3, -0.25) is 0 Å². The van der Waals surface area contributed by atoms with Crippen molar-refractivity contribution in [2.45, 2.75) is 36.5 Å². The standard InChI is InChI=1S/C17H14F6S/c1-10-4-3-5-12(8-10)15(16(18,19)20,17(21,22)23)13-6-7-14(24)11(2)9-13/h3-9,24H,1-2H3. The van der Waals surface area contributed by atoms with Crippen LogP contribution < -0.4 is 0 Å². The minimum atomic E-state index is -5.57. The molecule has 0 aliphatic carbocycles. The van der Waals surface area contributed by atoms with Gasteiger partial charge in [-0.2, -0.15) is 26.3 Å². The first kappa shape index (κ1) is 18.7. The molecule has 0 heterocycles. The lowest BCUT2D eigenvalue weighted by Gasteiger charge is -2.38. The molecule has 0 fully saturated rings. The van der Waals surface area contributed by atoms with Gasteiger partial charge in [0.1, 0.15) is 0 Å². The first-order chi connectivity index (χ1) is 10.9. The van der Waals surface area contributed by atoms with Crippen LogP contribution in [0.25, 0.3) is 0 Å². The molecule has 7 heteroatoms. The lowest BCUT2D eigenvalue weighted by atomic mass is 9.72. The molecule has 0 unspecified atom stereocenters. The van der Waals surface area contributed by atoms with E-state index in [-0.39, 0.29) is 5.56 Å². The van der Waals surface area contributed by atoms with Gasteiger partial charge < -0.3 is 0 Å². The second-order valence-electron chi connectivity index (χ2n) is 5.62. The molecule has 0 amide bonds. The van der Waals surface area contributed by atoms with Crippen LogP contribution in [0.1, 0.15) is 22.3 Å². The SMILES string of the molecule is Cc1cccc(C(c2ccc(S)c(C)c2)(C(F)(F)F)C(F)(F)F)c1. The quantitative estimate of drug-likeness (QED) is 0.490. The fraction of sp³-hybridized carbons (Fsp3) is 0.294. The molecule has 2 aromatic carbocycles. The van der Waals surface area contributed by atoms with Gasteiger partial charge in [-0.15, -0.1) is 12.6 Å². The van der Waals surface area contributed by atoms with E-state index < -0.39 is 28.9 Å². The van der Waals surface area contributed by atoms with Crippen molar-refractivity contribution in [3.8, 4) is 0 Å². The van der Waals surface area contributed by atoms with E-state index in [0.29, 0.717) is 10.5 Å². The summed E-state index contributed by atoms with van der Waals surface area (Å²) in [4.78, 5) is 0.321. The van der Waals surface area contributed by atoms with Gasteiger partial charge in [-0.25, -0.2) is 0 Å². The largest absolute Gasteiger partial charge is 0.411 e. The summed E-state index contributed by atoms with van der Waals surface area (Å²) in [6.45, 7) is 2.86. The zero-order valence-corrected chi connectivity index (χ0v) is 13.7. The molecule has 24 heavy (non-hydrogen) atoms. The zero-order valence-electron chi connectivity index (χ0n) is 12.8. The minimum absolute atomic E-state index is 0.237. The first-order valence-corrected chi connectivity index (χ1v) is 7.36.